The number of carboxylic acid groups (broad SMARTS) is 2. The summed E-state index contributed by atoms with van der Waals surface area (Å²) in [4.78, 5) is 63.1. The monoisotopic (exact) mass is 604 g/mol. The zero-order valence-corrected chi connectivity index (χ0v) is 23.9. The molecule has 12 nitrogen and oxygen atoms in total. The smallest absolute Gasteiger partial charge is 0.326 e. The highest BCUT2D eigenvalue weighted by atomic mass is 16.4. The number of hydrogen-bond acceptors (Lipinski definition) is 7. The minimum absolute atomic E-state index is 0.0155. The lowest BCUT2D eigenvalue weighted by Crippen LogP contribution is -2.58. The van der Waals surface area contributed by atoms with Crippen LogP contribution >= 0.6 is 0 Å². The van der Waals surface area contributed by atoms with Crippen LogP contribution in [0.4, 0.5) is 0 Å². The molecule has 8 N–H and O–H groups in total. The van der Waals surface area contributed by atoms with E-state index in [4.69, 9.17) is 5.73 Å². The molecule has 0 bridgehead atoms. The number of nitrogens with two attached hydrogens (primary N) is 1. The van der Waals surface area contributed by atoms with Gasteiger partial charge in [-0.05, 0) is 41.7 Å². The molecule has 0 radical (unpaired) electrons. The Morgan fingerprint density at radius 2 is 1.05 bits per heavy atom. The molecule has 0 aliphatic rings. The van der Waals surface area contributed by atoms with Crippen LogP contribution in [-0.4, -0.2) is 69.1 Å². The topological polar surface area (TPSA) is 208 Å². The third-order valence-corrected chi connectivity index (χ3v) is 6.82. The molecule has 3 rings (SSSR count). The summed E-state index contributed by atoms with van der Waals surface area (Å²) in [6.45, 7) is 0. The van der Waals surface area contributed by atoms with Gasteiger partial charge < -0.3 is 37.0 Å². The predicted octanol–water partition coefficient (Wildman–Crippen LogP) is 1.15. The molecule has 232 valence electrons. The quantitative estimate of drug-likeness (QED) is 0.125. The first-order chi connectivity index (χ1) is 21.0. The van der Waals surface area contributed by atoms with E-state index in [-0.39, 0.29) is 31.4 Å². The molecule has 12 heteroatoms. The summed E-state index contributed by atoms with van der Waals surface area (Å²) in [6.07, 6.45) is -0.686. The van der Waals surface area contributed by atoms with Gasteiger partial charge in [-0.3, -0.25) is 19.2 Å². The molecule has 3 aromatic rings. The first-order valence-corrected chi connectivity index (χ1v) is 14.0. The summed E-state index contributed by atoms with van der Waals surface area (Å²) in [5, 5.41) is 36.2. The van der Waals surface area contributed by atoms with Gasteiger partial charge in [0.2, 0.25) is 17.7 Å². The van der Waals surface area contributed by atoms with E-state index < -0.39 is 60.2 Å². The minimum atomic E-state index is -1.35. The molecule has 0 spiro atoms. The highest BCUT2D eigenvalue weighted by Crippen LogP contribution is 2.13. The SMILES string of the molecule is NC(Cc1ccccc1)C(=O)NC(CCC(=O)O)C(=O)NC(Cc1ccc(O)cc1)C(=O)NC(Cc1ccccc1)C(=O)O. The standard InChI is InChI=1S/C32H36N4O8/c33-24(17-20-7-3-1-4-8-20)29(40)34-25(15-16-28(38)39)30(41)35-26(18-22-11-13-23(37)14-12-22)31(42)36-27(32(43)44)19-21-9-5-2-6-10-21/h1-14,24-27,37H,15-19,33H2,(H,34,40)(H,35,41)(H,36,42)(H,38,39)(H,43,44). The van der Waals surface area contributed by atoms with E-state index in [2.05, 4.69) is 16.0 Å². The van der Waals surface area contributed by atoms with Gasteiger partial charge in [-0.1, -0.05) is 72.8 Å². The molecular weight excluding hydrogens is 568 g/mol. The number of carboxylic acids is 2. The summed E-state index contributed by atoms with van der Waals surface area (Å²) < 4.78 is 0. The molecule has 0 heterocycles. The van der Waals surface area contributed by atoms with E-state index in [0.717, 1.165) is 5.56 Å². The number of aliphatic carboxylic acids is 2. The minimum Gasteiger partial charge on any atom is -0.508 e. The van der Waals surface area contributed by atoms with E-state index in [0.29, 0.717) is 11.1 Å². The lowest BCUT2D eigenvalue weighted by Gasteiger charge is -2.25. The Morgan fingerprint density at radius 1 is 0.591 bits per heavy atom. The predicted molar refractivity (Wildman–Crippen MR) is 160 cm³/mol. The Bertz CT molecular complexity index is 1420. The first kappa shape index (κ1) is 33.3. The zero-order chi connectivity index (χ0) is 32.1. The van der Waals surface area contributed by atoms with Crippen molar-refractivity contribution < 1.29 is 39.3 Å². The van der Waals surface area contributed by atoms with Crippen LogP contribution < -0.4 is 21.7 Å². The number of hydrogen-bond donors (Lipinski definition) is 7. The van der Waals surface area contributed by atoms with Gasteiger partial charge in [0.1, 0.15) is 23.9 Å². The van der Waals surface area contributed by atoms with Gasteiger partial charge in [0.05, 0.1) is 6.04 Å². The summed E-state index contributed by atoms with van der Waals surface area (Å²) in [5.41, 5.74) is 8.06. The fourth-order valence-electron chi connectivity index (χ4n) is 4.45. The van der Waals surface area contributed by atoms with Crippen LogP contribution in [-0.2, 0) is 43.2 Å². The molecular formula is C32H36N4O8. The largest absolute Gasteiger partial charge is 0.508 e. The highest BCUT2D eigenvalue weighted by Gasteiger charge is 2.31. The van der Waals surface area contributed by atoms with E-state index in [1.165, 1.54) is 24.3 Å². The number of aromatic hydroxyl groups is 1. The Balaban J connectivity index is 1.79. The van der Waals surface area contributed by atoms with Crippen LogP contribution in [0.15, 0.2) is 84.9 Å². The second-order valence-electron chi connectivity index (χ2n) is 10.3. The third-order valence-electron chi connectivity index (χ3n) is 6.82. The van der Waals surface area contributed by atoms with Gasteiger partial charge in [0, 0.05) is 19.3 Å². The van der Waals surface area contributed by atoms with E-state index >= 15 is 0 Å². The molecule has 4 atom stereocenters. The van der Waals surface area contributed by atoms with Crippen molar-refractivity contribution in [3.63, 3.8) is 0 Å². The van der Waals surface area contributed by atoms with Crippen LogP contribution in [0.25, 0.3) is 0 Å². The molecule has 3 aromatic carbocycles. The van der Waals surface area contributed by atoms with Gasteiger partial charge >= 0.3 is 11.9 Å². The van der Waals surface area contributed by atoms with Crippen molar-refractivity contribution in [3.8, 4) is 5.75 Å². The number of benzene rings is 3. The first-order valence-electron chi connectivity index (χ1n) is 14.0. The molecule has 4 unspecified atom stereocenters. The highest BCUT2D eigenvalue weighted by molar-refractivity contribution is 5.94. The Hall–Kier alpha value is -5.23. The van der Waals surface area contributed by atoms with Gasteiger partial charge in [-0.25, -0.2) is 4.79 Å². The molecule has 3 amide bonds. The van der Waals surface area contributed by atoms with Gasteiger partial charge in [-0.15, -0.1) is 0 Å². The number of phenolic OH excluding ortho intramolecular Hbond substituents is 1. The zero-order valence-electron chi connectivity index (χ0n) is 23.9. The van der Waals surface area contributed by atoms with Crippen LogP contribution in [0.5, 0.6) is 5.75 Å². The summed E-state index contributed by atoms with van der Waals surface area (Å²) in [6, 6.07) is 18.5. The fraction of sp³-hybridized carbons (Fsp3) is 0.281. The van der Waals surface area contributed by atoms with Gasteiger partial charge in [0.25, 0.3) is 0 Å². The maximum Gasteiger partial charge on any atom is 0.326 e. The lowest BCUT2D eigenvalue weighted by atomic mass is 10.0. The van der Waals surface area contributed by atoms with Crippen molar-refractivity contribution in [2.45, 2.75) is 56.3 Å². The van der Waals surface area contributed by atoms with Gasteiger partial charge in [-0.2, -0.15) is 0 Å². The van der Waals surface area contributed by atoms with E-state index in [1.807, 2.05) is 6.07 Å². The van der Waals surface area contributed by atoms with Crippen LogP contribution in [0.3, 0.4) is 0 Å². The molecule has 0 fully saturated rings. The second-order valence-corrected chi connectivity index (χ2v) is 10.3. The number of amides is 3. The molecule has 0 aliphatic carbocycles. The third kappa shape index (κ3) is 10.9. The van der Waals surface area contributed by atoms with Crippen molar-refractivity contribution in [1.29, 1.82) is 0 Å². The second kappa shape index (κ2) is 16.4. The van der Waals surface area contributed by atoms with Crippen LogP contribution in [0, 0.1) is 0 Å². The molecule has 0 saturated carbocycles. The Labute approximate surface area is 254 Å². The van der Waals surface area contributed by atoms with E-state index in [9.17, 15) is 39.3 Å². The van der Waals surface area contributed by atoms with Crippen LogP contribution in [0.2, 0.25) is 0 Å². The number of carbonyl (C=O) groups is 5. The lowest BCUT2D eigenvalue weighted by molar-refractivity contribution is -0.142. The summed E-state index contributed by atoms with van der Waals surface area (Å²) in [5.74, 6) is -4.84. The van der Waals surface area contributed by atoms with Crippen molar-refractivity contribution in [2.24, 2.45) is 5.73 Å². The average Bonchev–Trinajstić information content (AvgIpc) is 3.00. The molecule has 44 heavy (non-hydrogen) atoms. The number of nitrogens with one attached hydrogen (secondary N) is 3. The number of carbonyl (C=O) groups excluding carboxylic acids is 3. The van der Waals surface area contributed by atoms with Crippen molar-refractivity contribution in [3.05, 3.63) is 102 Å². The maximum absolute atomic E-state index is 13.4. The van der Waals surface area contributed by atoms with Crippen molar-refractivity contribution in [1.82, 2.24) is 16.0 Å². The summed E-state index contributed by atoms with van der Waals surface area (Å²) >= 11 is 0. The molecule has 0 saturated heterocycles. The maximum atomic E-state index is 13.4. The van der Waals surface area contributed by atoms with E-state index in [1.54, 1.807) is 54.6 Å². The van der Waals surface area contributed by atoms with Crippen molar-refractivity contribution >= 4 is 29.7 Å². The number of phenols is 1. The fourth-order valence-corrected chi connectivity index (χ4v) is 4.45. The molecule has 0 aliphatic heterocycles. The number of rotatable bonds is 16. The van der Waals surface area contributed by atoms with Crippen molar-refractivity contribution in [2.75, 3.05) is 0 Å². The summed E-state index contributed by atoms with van der Waals surface area (Å²) in [7, 11) is 0. The molecule has 0 aromatic heterocycles. The normalized spacial score (nSPS) is 13.5. The average molecular weight is 605 g/mol. The Morgan fingerprint density at radius 3 is 1.59 bits per heavy atom. The van der Waals surface area contributed by atoms with Gasteiger partial charge in [0.15, 0.2) is 0 Å². The van der Waals surface area contributed by atoms with Crippen LogP contribution in [0.1, 0.15) is 29.5 Å². The Kier molecular flexibility index (Phi) is 12.4.